The highest BCUT2D eigenvalue weighted by Crippen LogP contribution is 2.26. The van der Waals surface area contributed by atoms with E-state index >= 15 is 0 Å². The first-order valence-electron chi connectivity index (χ1n) is 6.70. The van der Waals surface area contributed by atoms with Crippen molar-refractivity contribution in [3.63, 3.8) is 0 Å². The second kappa shape index (κ2) is 5.19. The van der Waals surface area contributed by atoms with Crippen molar-refractivity contribution in [3.8, 4) is 5.88 Å². The Labute approximate surface area is 114 Å². The number of ether oxygens (including phenoxy) is 2. The third kappa shape index (κ3) is 3.94. The van der Waals surface area contributed by atoms with E-state index in [4.69, 9.17) is 9.47 Å². The summed E-state index contributed by atoms with van der Waals surface area (Å²) >= 11 is 0. The molecule has 0 saturated carbocycles. The molecule has 0 spiro atoms. The van der Waals surface area contributed by atoms with E-state index in [2.05, 4.69) is 4.98 Å². The Balaban J connectivity index is 2.04. The number of carbonyl (C=O) groups excluding carboxylic acids is 1. The second-order valence-electron chi connectivity index (χ2n) is 6.04. The summed E-state index contributed by atoms with van der Waals surface area (Å²) in [4.78, 5) is 16.1. The van der Waals surface area contributed by atoms with Gasteiger partial charge in [-0.25, -0.2) is 4.98 Å². The van der Waals surface area contributed by atoms with Crippen LogP contribution in [0, 0.1) is 0 Å². The molecule has 0 aromatic carbocycles. The van der Waals surface area contributed by atoms with Gasteiger partial charge in [0.2, 0.25) is 5.88 Å². The van der Waals surface area contributed by atoms with Gasteiger partial charge in [-0.1, -0.05) is 0 Å². The monoisotopic (exact) mass is 263 g/mol. The van der Waals surface area contributed by atoms with Crippen molar-refractivity contribution in [3.05, 3.63) is 23.4 Å². The molecule has 1 aliphatic rings. The highest BCUT2D eigenvalue weighted by molar-refractivity contribution is 5.73. The molecule has 4 heteroatoms. The minimum Gasteiger partial charge on any atom is -0.474 e. The molecule has 104 valence electrons. The molecule has 1 aromatic rings. The zero-order valence-electron chi connectivity index (χ0n) is 12.0. The zero-order chi connectivity index (χ0) is 14.0. The minimum atomic E-state index is -0.447. The highest BCUT2D eigenvalue weighted by atomic mass is 16.6. The Bertz CT molecular complexity index is 477. The van der Waals surface area contributed by atoms with Crippen molar-refractivity contribution >= 4 is 5.97 Å². The topological polar surface area (TPSA) is 48.4 Å². The summed E-state index contributed by atoms with van der Waals surface area (Å²) in [6.07, 6.45) is 4.11. The number of fused-ring (bicyclic) bond motifs is 1. The number of hydrogen-bond acceptors (Lipinski definition) is 4. The summed E-state index contributed by atoms with van der Waals surface area (Å²) in [5.41, 5.74) is 1.52. The van der Waals surface area contributed by atoms with Crippen molar-refractivity contribution < 1.29 is 14.3 Å². The van der Waals surface area contributed by atoms with E-state index in [9.17, 15) is 4.79 Å². The number of carbonyl (C=O) groups is 1. The molecule has 0 N–H and O–H groups in total. The molecule has 0 amide bonds. The van der Waals surface area contributed by atoms with Gasteiger partial charge in [-0.15, -0.1) is 0 Å². The molecule has 4 nitrogen and oxygen atoms in total. The van der Waals surface area contributed by atoms with E-state index in [0.717, 1.165) is 24.0 Å². The van der Waals surface area contributed by atoms with E-state index in [0.29, 0.717) is 5.88 Å². The normalized spacial score (nSPS) is 18.4. The number of aryl methyl sites for hydroxylation is 1. The van der Waals surface area contributed by atoms with Gasteiger partial charge in [-0.3, -0.25) is 4.79 Å². The largest absolute Gasteiger partial charge is 0.474 e. The molecule has 0 radical (unpaired) electrons. The quantitative estimate of drug-likeness (QED) is 0.770. The Morgan fingerprint density at radius 3 is 2.95 bits per heavy atom. The van der Waals surface area contributed by atoms with Gasteiger partial charge >= 0.3 is 5.97 Å². The predicted molar refractivity (Wildman–Crippen MR) is 72.2 cm³/mol. The van der Waals surface area contributed by atoms with Crippen LogP contribution in [0.5, 0.6) is 5.88 Å². The number of pyridine rings is 1. The second-order valence-corrected chi connectivity index (χ2v) is 6.04. The molecule has 1 atom stereocenters. The fraction of sp³-hybridized carbons (Fsp3) is 0.600. The summed E-state index contributed by atoms with van der Waals surface area (Å²) < 4.78 is 10.9. The van der Waals surface area contributed by atoms with Crippen molar-refractivity contribution in [1.29, 1.82) is 0 Å². The first-order chi connectivity index (χ1) is 8.83. The molecule has 0 unspecified atom stereocenters. The highest BCUT2D eigenvalue weighted by Gasteiger charge is 2.20. The predicted octanol–water partition coefficient (Wildman–Crippen LogP) is 2.68. The SMILES string of the molecule is C[C@H]1CCc2cc(CC(=O)OC(C)(C)C)cnc2O1. The van der Waals surface area contributed by atoms with E-state index in [1.807, 2.05) is 33.8 Å². The van der Waals surface area contributed by atoms with Gasteiger partial charge in [0.25, 0.3) is 0 Å². The summed E-state index contributed by atoms with van der Waals surface area (Å²) in [6.45, 7) is 7.64. The Morgan fingerprint density at radius 1 is 1.53 bits per heavy atom. The molecule has 2 rings (SSSR count). The lowest BCUT2D eigenvalue weighted by Gasteiger charge is -2.23. The fourth-order valence-corrected chi connectivity index (χ4v) is 2.08. The van der Waals surface area contributed by atoms with E-state index in [1.54, 1.807) is 6.20 Å². The van der Waals surface area contributed by atoms with Crippen LogP contribution in [0.2, 0.25) is 0 Å². The fourth-order valence-electron chi connectivity index (χ4n) is 2.08. The number of nitrogens with zero attached hydrogens (tertiary/aromatic N) is 1. The molecule has 0 aliphatic carbocycles. The molecule has 1 aliphatic heterocycles. The lowest BCUT2D eigenvalue weighted by atomic mass is 10.0. The molecule has 0 bridgehead atoms. The first-order valence-corrected chi connectivity index (χ1v) is 6.70. The third-order valence-corrected chi connectivity index (χ3v) is 2.88. The van der Waals surface area contributed by atoms with Gasteiger partial charge in [-0.05, 0) is 52.2 Å². The molecule has 1 aromatic heterocycles. The molecule has 19 heavy (non-hydrogen) atoms. The third-order valence-electron chi connectivity index (χ3n) is 2.88. The number of rotatable bonds is 2. The van der Waals surface area contributed by atoms with Crippen LogP contribution in [0.4, 0.5) is 0 Å². The minimum absolute atomic E-state index is 0.219. The van der Waals surface area contributed by atoms with Crippen molar-refractivity contribution in [2.45, 2.75) is 58.7 Å². The molecular formula is C15H21NO3. The summed E-state index contributed by atoms with van der Waals surface area (Å²) in [7, 11) is 0. The van der Waals surface area contributed by atoms with Gasteiger partial charge in [0, 0.05) is 11.8 Å². The number of hydrogen-bond donors (Lipinski definition) is 0. The van der Waals surface area contributed by atoms with Crippen LogP contribution < -0.4 is 4.74 Å². The maximum atomic E-state index is 11.8. The standard InChI is InChI=1S/C15H21NO3/c1-10-5-6-12-7-11(9-16-14(12)18-10)8-13(17)19-15(2,3)4/h7,9-10H,5-6,8H2,1-4H3/t10-/m0/s1. The average molecular weight is 263 g/mol. The van der Waals surface area contributed by atoms with E-state index in [1.165, 1.54) is 0 Å². The van der Waals surface area contributed by atoms with Crippen LogP contribution in [0.1, 0.15) is 45.2 Å². The van der Waals surface area contributed by atoms with Crippen molar-refractivity contribution in [1.82, 2.24) is 4.98 Å². The number of esters is 1. The maximum absolute atomic E-state index is 11.8. The van der Waals surface area contributed by atoms with Crippen molar-refractivity contribution in [2.24, 2.45) is 0 Å². The van der Waals surface area contributed by atoms with E-state index < -0.39 is 5.60 Å². The van der Waals surface area contributed by atoms with Crippen LogP contribution in [0.15, 0.2) is 12.3 Å². The Morgan fingerprint density at radius 2 is 2.26 bits per heavy atom. The maximum Gasteiger partial charge on any atom is 0.310 e. The summed E-state index contributed by atoms with van der Waals surface area (Å²) in [5, 5.41) is 0. The number of aromatic nitrogens is 1. The lowest BCUT2D eigenvalue weighted by Crippen LogP contribution is -2.25. The van der Waals surface area contributed by atoms with Gasteiger partial charge in [-0.2, -0.15) is 0 Å². The van der Waals surface area contributed by atoms with E-state index in [-0.39, 0.29) is 18.5 Å². The first kappa shape index (κ1) is 13.8. The lowest BCUT2D eigenvalue weighted by molar-refractivity contribution is -0.153. The van der Waals surface area contributed by atoms with Crippen LogP contribution in [-0.4, -0.2) is 22.7 Å². The Hall–Kier alpha value is -1.58. The van der Waals surface area contributed by atoms with Crippen LogP contribution in [-0.2, 0) is 22.4 Å². The molecule has 2 heterocycles. The molecule has 0 saturated heterocycles. The molecule has 0 fully saturated rings. The van der Waals surface area contributed by atoms with Crippen LogP contribution >= 0.6 is 0 Å². The van der Waals surface area contributed by atoms with Crippen LogP contribution in [0.3, 0.4) is 0 Å². The van der Waals surface area contributed by atoms with Gasteiger partial charge in [0.05, 0.1) is 12.5 Å². The average Bonchev–Trinajstić information content (AvgIpc) is 2.26. The summed E-state index contributed by atoms with van der Waals surface area (Å²) in [5.74, 6) is 0.478. The van der Waals surface area contributed by atoms with Gasteiger partial charge in [0.15, 0.2) is 0 Å². The smallest absolute Gasteiger partial charge is 0.310 e. The van der Waals surface area contributed by atoms with Gasteiger partial charge < -0.3 is 9.47 Å². The van der Waals surface area contributed by atoms with Crippen molar-refractivity contribution in [2.75, 3.05) is 0 Å². The Kier molecular flexibility index (Phi) is 3.78. The zero-order valence-corrected chi connectivity index (χ0v) is 12.0. The van der Waals surface area contributed by atoms with Gasteiger partial charge in [0.1, 0.15) is 5.60 Å². The van der Waals surface area contributed by atoms with Crippen LogP contribution in [0.25, 0.3) is 0 Å². The molecular weight excluding hydrogens is 242 g/mol. The summed E-state index contributed by atoms with van der Waals surface area (Å²) in [6, 6.07) is 2.00.